The highest BCUT2D eigenvalue weighted by Gasteiger charge is 2.09. The van der Waals surface area contributed by atoms with E-state index in [2.05, 4.69) is 6.92 Å². The molecule has 15 heavy (non-hydrogen) atoms. The molecule has 0 saturated carbocycles. The van der Waals surface area contributed by atoms with Crippen molar-refractivity contribution >= 4 is 29.1 Å². The van der Waals surface area contributed by atoms with Crippen LogP contribution in [0.2, 0.25) is 0 Å². The zero-order chi connectivity index (χ0) is 11.3. The summed E-state index contributed by atoms with van der Waals surface area (Å²) in [4.78, 5) is 12.1. The van der Waals surface area contributed by atoms with Crippen LogP contribution in [0.25, 0.3) is 0 Å². The second-order valence-corrected chi connectivity index (χ2v) is 5.58. The molecule has 0 aliphatic rings. The highest BCUT2D eigenvalue weighted by molar-refractivity contribution is 8.00. The molecule has 84 valence electrons. The summed E-state index contributed by atoms with van der Waals surface area (Å²) in [5.41, 5.74) is 0. The monoisotopic (exact) mass is 246 g/mol. The second kappa shape index (κ2) is 6.15. The minimum absolute atomic E-state index is 0.399. The van der Waals surface area contributed by atoms with Crippen LogP contribution in [-0.4, -0.2) is 30.0 Å². The molecule has 1 unspecified atom stereocenters. The lowest BCUT2D eigenvalue weighted by atomic mass is 10.3. The molecule has 5 heteroatoms. The first-order chi connectivity index (χ1) is 7.13. The van der Waals surface area contributed by atoms with E-state index in [-0.39, 0.29) is 0 Å². The quantitative estimate of drug-likeness (QED) is 0.784. The van der Waals surface area contributed by atoms with Gasteiger partial charge in [-0.15, -0.1) is 23.1 Å². The first-order valence-corrected chi connectivity index (χ1v) is 6.37. The Morgan fingerprint density at radius 2 is 2.47 bits per heavy atom. The van der Waals surface area contributed by atoms with E-state index in [4.69, 9.17) is 9.84 Å². The van der Waals surface area contributed by atoms with E-state index < -0.39 is 5.97 Å². The van der Waals surface area contributed by atoms with Crippen molar-refractivity contribution in [2.45, 2.75) is 23.5 Å². The van der Waals surface area contributed by atoms with E-state index in [0.29, 0.717) is 10.1 Å². The maximum atomic E-state index is 10.7. The second-order valence-electron chi connectivity index (χ2n) is 3.16. The van der Waals surface area contributed by atoms with Crippen molar-refractivity contribution in [2.75, 3.05) is 13.7 Å². The normalized spacial score (nSPS) is 12.7. The van der Waals surface area contributed by atoms with Gasteiger partial charge in [0.05, 0.1) is 0 Å². The van der Waals surface area contributed by atoms with Crippen molar-refractivity contribution < 1.29 is 14.6 Å². The van der Waals surface area contributed by atoms with Gasteiger partial charge in [0.25, 0.3) is 0 Å². The van der Waals surface area contributed by atoms with Gasteiger partial charge >= 0.3 is 5.97 Å². The highest BCUT2D eigenvalue weighted by atomic mass is 32.2. The molecule has 0 radical (unpaired) electrons. The molecule has 0 bridgehead atoms. The number of carboxylic acid groups (broad SMARTS) is 1. The summed E-state index contributed by atoms with van der Waals surface area (Å²) in [6, 6.07) is 1.72. The number of carboxylic acids is 1. The predicted molar refractivity (Wildman–Crippen MR) is 63.1 cm³/mol. The SMILES string of the molecule is COCCC(C)Sc1csc(C(=O)O)c1. The van der Waals surface area contributed by atoms with Crippen LogP contribution in [0.3, 0.4) is 0 Å². The Bertz CT molecular complexity index is 322. The fraction of sp³-hybridized carbons (Fsp3) is 0.500. The summed E-state index contributed by atoms with van der Waals surface area (Å²) in [6.07, 6.45) is 0.972. The van der Waals surface area contributed by atoms with Crippen LogP contribution in [0.4, 0.5) is 0 Å². The Morgan fingerprint density at radius 1 is 1.73 bits per heavy atom. The Morgan fingerprint density at radius 3 is 3.00 bits per heavy atom. The van der Waals surface area contributed by atoms with Gasteiger partial charge in [-0.05, 0) is 12.5 Å². The molecule has 1 rings (SSSR count). The van der Waals surface area contributed by atoms with E-state index in [1.807, 2.05) is 5.38 Å². The summed E-state index contributed by atoms with van der Waals surface area (Å²) in [5, 5.41) is 11.1. The summed E-state index contributed by atoms with van der Waals surface area (Å²) >= 11 is 2.96. The van der Waals surface area contributed by atoms with Gasteiger partial charge < -0.3 is 9.84 Å². The predicted octanol–water partition coefficient (Wildman–Crippen LogP) is 2.96. The number of carbonyl (C=O) groups is 1. The highest BCUT2D eigenvalue weighted by Crippen LogP contribution is 2.29. The molecular weight excluding hydrogens is 232 g/mol. The van der Waals surface area contributed by atoms with E-state index in [1.54, 1.807) is 24.9 Å². The van der Waals surface area contributed by atoms with Crippen LogP contribution in [0, 0.1) is 0 Å². The zero-order valence-electron chi connectivity index (χ0n) is 8.73. The van der Waals surface area contributed by atoms with Crippen molar-refractivity contribution in [3.8, 4) is 0 Å². The first kappa shape index (κ1) is 12.5. The van der Waals surface area contributed by atoms with Crippen LogP contribution in [0.15, 0.2) is 16.3 Å². The third-order valence-corrected chi connectivity index (χ3v) is 4.07. The van der Waals surface area contributed by atoms with Crippen LogP contribution in [0.5, 0.6) is 0 Å². The molecule has 0 aliphatic carbocycles. The topological polar surface area (TPSA) is 46.5 Å². The van der Waals surface area contributed by atoms with E-state index >= 15 is 0 Å². The molecule has 0 aromatic carbocycles. The number of rotatable bonds is 6. The Kier molecular flexibility index (Phi) is 5.14. The minimum atomic E-state index is -0.851. The fourth-order valence-electron chi connectivity index (χ4n) is 1.07. The van der Waals surface area contributed by atoms with Crippen LogP contribution < -0.4 is 0 Å². The van der Waals surface area contributed by atoms with Gasteiger partial charge in [-0.3, -0.25) is 0 Å². The van der Waals surface area contributed by atoms with Crippen LogP contribution in [-0.2, 0) is 4.74 Å². The number of thiophene rings is 1. The maximum absolute atomic E-state index is 10.7. The lowest BCUT2D eigenvalue weighted by molar-refractivity contribution is 0.0702. The number of thioether (sulfide) groups is 1. The molecule has 0 saturated heterocycles. The molecule has 0 aliphatic heterocycles. The molecule has 1 heterocycles. The molecule has 1 atom stereocenters. The molecule has 1 N–H and O–H groups in total. The van der Waals surface area contributed by atoms with E-state index in [0.717, 1.165) is 17.9 Å². The molecule has 3 nitrogen and oxygen atoms in total. The number of ether oxygens (including phenoxy) is 1. The standard InChI is InChI=1S/C10H14O3S2/c1-7(3-4-13-2)15-8-5-9(10(11)12)14-6-8/h5-7H,3-4H2,1-2H3,(H,11,12). The van der Waals surface area contributed by atoms with Gasteiger partial charge in [0.15, 0.2) is 0 Å². The molecule has 1 aromatic rings. The molecule has 1 aromatic heterocycles. The molecular formula is C10H14O3S2. The van der Waals surface area contributed by atoms with Crippen molar-refractivity contribution in [1.82, 2.24) is 0 Å². The Labute approximate surface area is 97.5 Å². The van der Waals surface area contributed by atoms with Crippen molar-refractivity contribution in [2.24, 2.45) is 0 Å². The summed E-state index contributed by atoms with van der Waals surface area (Å²) in [7, 11) is 1.69. The smallest absolute Gasteiger partial charge is 0.345 e. The first-order valence-electron chi connectivity index (χ1n) is 4.61. The molecule has 0 fully saturated rings. The third-order valence-electron chi connectivity index (χ3n) is 1.85. The zero-order valence-corrected chi connectivity index (χ0v) is 10.4. The average Bonchev–Trinajstić information content (AvgIpc) is 2.63. The number of hydrogen-bond acceptors (Lipinski definition) is 4. The van der Waals surface area contributed by atoms with Crippen LogP contribution >= 0.6 is 23.1 Å². The Hall–Kier alpha value is -0.520. The largest absolute Gasteiger partial charge is 0.477 e. The fourth-order valence-corrected chi connectivity index (χ4v) is 2.98. The van der Waals surface area contributed by atoms with E-state index in [9.17, 15) is 4.79 Å². The van der Waals surface area contributed by atoms with Gasteiger partial charge in [-0.1, -0.05) is 6.92 Å². The minimum Gasteiger partial charge on any atom is -0.477 e. The summed E-state index contributed by atoms with van der Waals surface area (Å²) in [6.45, 7) is 2.85. The van der Waals surface area contributed by atoms with Gasteiger partial charge in [-0.2, -0.15) is 0 Å². The van der Waals surface area contributed by atoms with Crippen LogP contribution in [0.1, 0.15) is 23.0 Å². The number of hydrogen-bond donors (Lipinski definition) is 1. The lowest BCUT2D eigenvalue weighted by Gasteiger charge is -2.08. The molecule has 0 amide bonds. The van der Waals surface area contributed by atoms with Crippen molar-refractivity contribution in [1.29, 1.82) is 0 Å². The average molecular weight is 246 g/mol. The van der Waals surface area contributed by atoms with Gasteiger partial charge in [0.2, 0.25) is 0 Å². The number of aromatic carboxylic acids is 1. The summed E-state index contributed by atoms with van der Waals surface area (Å²) < 4.78 is 4.99. The van der Waals surface area contributed by atoms with Gasteiger partial charge in [0.1, 0.15) is 4.88 Å². The Balaban J connectivity index is 2.46. The number of methoxy groups -OCH3 is 1. The van der Waals surface area contributed by atoms with Gasteiger partial charge in [-0.25, -0.2) is 4.79 Å². The maximum Gasteiger partial charge on any atom is 0.345 e. The lowest BCUT2D eigenvalue weighted by Crippen LogP contribution is -2.00. The van der Waals surface area contributed by atoms with E-state index in [1.165, 1.54) is 11.3 Å². The van der Waals surface area contributed by atoms with Crippen molar-refractivity contribution in [3.05, 3.63) is 16.3 Å². The summed E-state index contributed by atoms with van der Waals surface area (Å²) in [5.74, 6) is -0.851. The van der Waals surface area contributed by atoms with Gasteiger partial charge in [0, 0.05) is 29.2 Å². The third kappa shape index (κ3) is 4.24. The van der Waals surface area contributed by atoms with Crippen molar-refractivity contribution in [3.63, 3.8) is 0 Å². The molecule has 0 spiro atoms.